The maximum atomic E-state index is 3.32. The fraction of sp³-hybridized carbons (Fsp3) is 0.429. The lowest BCUT2D eigenvalue weighted by Crippen LogP contribution is -1.75. The Morgan fingerprint density at radius 1 is 0.786 bits per heavy atom. The summed E-state index contributed by atoms with van der Waals surface area (Å²) >= 11 is 0. The zero-order valence-corrected chi connectivity index (χ0v) is 8.78. The average Bonchev–Trinajstić information content (AvgIpc) is 2.22. The van der Waals surface area contributed by atoms with Crippen molar-refractivity contribution in [1.82, 2.24) is 0 Å². The van der Waals surface area contributed by atoms with Crippen LogP contribution in [-0.4, -0.2) is 0 Å². The first-order valence-corrected chi connectivity index (χ1v) is 5.53. The van der Waals surface area contributed by atoms with Gasteiger partial charge in [-0.2, -0.15) is 0 Å². The summed E-state index contributed by atoms with van der Waals surface area (Å²) in [5.41, 5.74) is 0. The monoisotopic (exact) mass is 187 g/mol. The van der Waals surface area contributed by atoms with Gasteiger partial charge in [0, 0.05) is 0 Å². The van der Waals surface area contributed by atoms with Crippen LogP contribution >= 0.6 is 0 Å². The van der Waals surface area contributed by atoms with E-state index >= 15 is 0 Å². The normalized spacial score (nSPS) is 28.6. The van der Waals surface area contributed by atoms with Crippen molar-refractivity contribution in [3.05, 3.63) is 48.6 Å². The van der Waals surface area contributed by atoms with Crippen molar-refractivity contribution in [3.8, 4) is 0 Å². The fourth-order valence-corrected chi connectivity index (χ4v) is 1.38. The molecule has 1 rings (SSSR count). The SMILES string of the molecule is [C]1=C/C\C=C/C=C/C=C/CCCCC/1. The molecular formula is C14H19. The van der Waals surface area contributed by atoms with E-state index in [9.17, 15) is 0 Å². The van der Waals surface area contributed by atoms with Crippen LogP contribution in [0.3, 0.4) is 0 Å². The van der Waals surface area contributed by atoms with E-state index in [-0.39, 0.29) is 0 Å². The average molecular weight is 187 g/mol. The summed E-state index contributed by atoms with van der Waals surface area (Å²) in [6.07, 6.45) is 25.5. The van der Waals surface area contributed by atoms with Gasteiger partial charge in [0.25, 0.3) is 0 Å². The van der Waals surface area contributed by atoms with Crippen molar-refractivity contribution in [2.24, 2.45) is 0 Å². The first-order valence-electron chi connectivity index (χ1n) is 5.53. The highest BCUT2D eigenvalue weighted by atomic mass is 13.9. The van der Waals surface area contributed by atoms with E-state index in [0.717, 1.165) is 12.8 Å². The lowest BCUT2D eigenvalue weighted by atomic mass is 10.1. The van der Waals surface area contributed by atoms with E-state index in [4.69, 9.17) is 0 Å². The van der Waals surface area contributed by atoms with Gasteiger partial charge >= 0.3 is 0 Å². The predicted molar refractivity (Wildman–Crippen MR) is 62.9 cm³/mol. The lowest BCUT2D eigenvalue weighted by molar-refractivity contribution is 0.690. The number of hydrogen-bond donors (Lipinski definition) is 0. The molecule has 0 spiro atoms. The molecule has 0 aliphatic heterocycles. The van der Waals surface area contributed by atoms with Crippen LogP contribution in [0.4, 0.5) is 0 Å². The molecule has 0 heteroatoms. The molecule has 75 valence electrons. The van der Waals surface area contributed by atoms with Gasteiger partial charge in [-0.1, -0.05) is 49.0 Å². The second-order valence-corrected chi connectivity index (χ2v) is 3.48. The molecule has 0 aromatic carbocycles. The van der Waals surface area contributed by atoms with E-state index in [0.29, 0.717) is 0 Å². The minimum atomic E-state index is 1.01. The largest absolute Gasteiger partial charge is 0.0845 e. The quantitative estimate of drug-likeness (QED) is 0.528. The van der Waals surface area contributed by atoms with Gasteiger partial charge < -0.3 is 0 Å². The summed E-state index contributed by atoms with van der Waals surface area (Å²) in [4.78, 5) is 0. The van der Waals surface area contributed by atoms with E-state index in [2.05, 4.69) is 48.6 Å². The van der Waals surface area contributed by atoms with E-state index in [1.807, 2.05) is 0 Å². The highest BCUT2D eigenvalue weighted by Crippen LogP contribution is 2.04. The molecule has 0 amide bonds. The van der Waals surface area contributed by atoms with Gasteiger partial charge in [0.2, 0.25) is 0 Å². The standard InChI is InChI=1S/C14H19/c1-2-4-6-8-10-12-14-13-11-9-7-5-3-1/h1-6,9H,7-8,10,12-14H2/b2-1+,5-3-,6-4+,11-9?. The summed E-state index contributed by atoms with van der Waals surface area (Å²) in [5, 5.41) is 0. The van der Waals surface area contributed by atoms with Gasteiger partial charge in [0.15, 0.2) is 0 Å². The second kappa shape index (κ2) is 8.55. The Bertz CT molecular complexity index is 228. The molecule has 0 aromatic rings. The lowest BCUT2D eigenvalue weighted by Gasteiger charge is -1.94. The van der Waals surface area contributed by atoms with Gasteiger partial charge in [0.05, 0.1) is 0 Å². The van der Waals surface area contributed by atoms with Crippen LogP contribution in [0, 0.1) is 6.08 Å². The van der Waals surface area contributed by atoms with Crippen LogP contribution in [0.25, 0.3) is 0 Å². The molecular weight excluding hydrogens is 168 g/mol. The Labute approximate surface area is 87.7 Å². The van der Waals surface area contributed by atoms with Crippen molar-refractivity contribution >= 4 is 0 Å². The Balaban J connectivity index is 2.36. The predicted octanol–water partition coefficient (Wildman–Crippen LogP) is 4.37. The molecule has 0 fully saturated rings. The molecule has 0 heterocycles. The van der Waals surface area contributed by atoms with Gasteiger partial charge in [-0.05, 0) is 38.2 Å². The van der Waals surface area contributed by atoms with Crippen LogP contribution < -0.4 is 0 Å². The fourth-order valence-electron chi connectivity index (χ4n) is 1.38. The van der Waals surface area contributed by atoms with Crippen LogP contribution in [0.5, 0.6) is 0 Å². The Morgan fingerprint density at radius 2 is 1.64 bits per heavy atom. The Hall–Kier alpha value is -1.04. The summed E-state index contributed by atoms with van der Waals surface area (Å²) in [7, 11) is 0. The zero-order chi connectivity index (χ0) is 9.90. The molecule has 0 saturated heterocycles. The smallest absolute Gasteiger partial charge is 0.0160 e. The maximum Gasteiger partial charge on any atom is -0.0160 e. The van der Waals surface area contributed by atoms with E-state index in [1.54, 1.807) is 0 Å². The van der Waals surface area contributed by atoms with Crippen LogP contribution in [-0.2, 0) is 0 Å². The molecule has 0 bridgehead atoms. The molecule has 0 atom stereocenters. The molecule has 1 aliphatic carbocycles. The maximum absolute atomic E-state index is 3.32. The molecule has 0 nitrogen and oxygen atoms in total. The first-order chi connectivity index (χ1) is 7.00. The Kier molecular flexibility index (Phi) is 6.74. The van der Waals surface area contributed by atoms with Crippen molar-refractivity contribution in [1.29, 1.82) is 0 Å². The van der Waals surface area contributed by atoms with E-state index in [1.165, 1.54) is 25.7 Å². The zero-order valence-electron chi connectivity index (χ0n) is 8.78. The minimum absolute atomic E-state index is 1.01. The van der Waals surface area contributed by atoms with Crippen molar-refractivity contribution in [3.63, 3.8) is 0 Å². The second-order valence-electron chi connectivity index (χ2n) is 3.48. The molecule has 1 aliphatic rings. The third-order valence-corrected chi connectivity index (χ3v) is 2.20. The molecule has 0 aromatic heterocycles. The Morgan fingerprint density at radius 3 is 2.57 bits per heavy atom. The van der Waals surface area contributed by atoms with Crippen LogP contribution in [0.2, 0.25) is 0 Å². The molecule has 0 saturated carbocycles. The molecule has 14 heavy (non-hydrogen) atoms. The minimum Gasteiger partial charge on any atom is -0.0845 e. The van der Waals surface area contributed by atoms with Gasteiger partial charge in [-0.3, -0.25) is 0 Å². The topological polar surface area (TPSA) is 0 Å². The van der Waals surface area contributed by atoms with Gasteiger partial charge in [-0.25, -0.2) is 0 Å². The van der Waals surface area contributed by atoms with Crippen molar-refractivity contribution in [2.75, 3.05) is 0 Å². The number of allylic oxidation sites excluding steroid dienone is 8. The number of rotatable bonds is 0. The van der Waals surface area contributed by atoms with Crippen LogP contribution in [0.15, 0.2) is 42.5 Å². The van der Waals surface area contributed by atoms with E-state index < -0.39 is 0 Å². The summed E-state index contributed by atoms with van der Waals surface area (Å²) in [5.74, 6) is 0. The third kappa shape index (κ3) is 6.47. The number of hydrogen-bond acceptors (Lipinski definition) is 0. The first kappa shape index (κ1) is 11.0. The highest BCUT2D eigenvalue weighted by molar-refractivity contribution is 5.11. The highest BCUT2D eigenvalue weighted by Gasteiger charge is 1.85. The molecule has 0 N–H and O–H groups in total. The summed E-state index contributed by atoms with van der Waals surface area (Å²) in [6.45, 7) is 0. The summed E-state index contributed by atoms with van der Waals surface area (Å²) < 4.78 is 0. The van der Waals surface area contributed by atoms with Gasteiger partial charge in [0.1, 0.15) is 0 Å². The molecule has 0 unspecified atom stereocenters. The van der Waals surface area contributed by atoms with Gasteiger partial charge in [-0.15, -0.1) is 0 Å². The third-order valence-electron chi connectivity index (χ3n) is 2.20. The van der Waals surface area contributed by atoms with Crippen molar-refractivity contribution < 1.29 is 0 Å². The van der Waals surface area contributed by atoms with Crippen LogP contribution in [0.1, 0.15) is 38.5 Å². The molecule has 1 radical (unpaired) electrons. The summed E-state index contributed by atoms with van der Waals surface area (Å²) in [6, 6.07) is 0. The van der Waals surface area contributed by atoms with Crippen molar-refractivity contribution in [2.45, 2.75) is 38.5 Å².